The molecule has 0 aliphatic rings. The highest BCUT2D eigenvalue weighted by Crippen LogP contribution is 2.12. The van der Waals surface area contributed by atoms with Gasteiger partial charge in [-0.3, -0.25) is 0 Å². The van der Waals surface area contributed by atoms with E-state index in [0.29, 0.717) is 0 Å². The predicted octanol–water partition coefficient (Wildman–Crippen LogP) is 3.95. The summed E-state index contributed by atoms with van der Waals surface area (Å²) in [7, 11) is 0. The second kappa shape index (κ2) is 6.21. The highest BCUT2D eigenvalue weighted by Gasteiger charge is 1.94. The maximum absolute atomic E-state index is 2.27. The highest BCUT2D eigenvalue weighted by atomic mass is 14.0. The average Bonchev–Trinajstić information content (AvgIpc) is 1.97. The fourth-order valence-electron chi connectivity index (χ4n) is 0.993. The van der Waals surface area contributed by atoms with E-state index in [4.69, 9.17) is 0 Å². The zero-order valence-corrected chi connectivity index (χ0v) is 8.22. The molecule has 11 heavy (non-hydrogen) atoms. The molecule has 0 heterocycles. The van der Waals surface area contributed by atoms with E-state index in [1.807, 2.05) is 0 Å². The molecular formula is C11H20. The van der Waals surface area contributed by atoms with Crippen LogP contribution < -0.4 is 0 Å². The van der Waals surface area contributed by atoms with Crippen LogP contribution in [0, 0.1) is 5.92 Å². The molecule has 0 saturated carbocycles. The fourth-order valence-corrected chi connectivity index (χ4v) is 0.993. The Morgan fingerprint density at radius 2 is 1.91 bits per heavy atom. The molecule has 0 aromatic heterocycles. The summed E-state index contributed by atoms with van der Waals surface area (Å²) in [5, 5.41) is 0. The molecule has 0 aliphatic heterocycles. The first kappa shape index (κ1) is 10.5. The molecule has 0 N–H and O–H groups in total. The van der Waals surface area contributed by atoms with Crippen LogP contribution in [0.3, 0.4) is 0 Å². The first-order chi connectivity index (χ1) is 5.20. The van der Waals surface area contributed by atoms with Gasteiger partial charge in [0.1, 0.15) is 0 Å². The Morgan fingerprint density at radius 3 is 2.27 bits per heavy atom. The Hall–Kier alpha value is -0.520. The zero-order valence-electron chi connectivity index (χ0n) is 8.22. The summed E-state index contributed by atoms with van der Waals surface area (Å²) in [5.74, 6) is 0.815. The minimum absolute atomic E-state index is 0.815. The Kier molecular flexibility index (Phi) is 5.91. The van der Waals surface area contributed by atoms with E-state index in [1.54, 1.807) is 0 Å². The van der Waals surface area contributed by atoms with E-state index in [2.05, 4.69) is 45.9 Å². The number of allylic oxidation sites excluding steroid dienone is 4. The van der Waals surface area contributed by atoms with Crippen LogP contribution in [0.15, 0.2) is 23.8 Å². The van der Waals surface area contributed by atoms with Crippen molar-refractivity contribution in [2.24, 2.45) is 5.92 Å². The third kappa shape index (κ3) is 5.90. The Balaban J connectivity index is 3.72. The minimum Gasteiger partial charge on any atom is -0.0874 e. The first-order valence-electron chi connectivity index (χ1n) is 4.48. The molecule has 0 fully saturated rings. The van der Waals surface area contributed by atoms with Crippen molar-refractivity contribution in [3.63, 3.8) is 0 Å². The largest absolute Gasteiger partial charge is 0.0874 e. The van der Waals surface area contributed by atoms with Crippen molar-refractivity contribution < 1.29 is 0 Å². The number of rotatable bonds is 4. The molecule has 0 unspecified atom stereocenters. The van der Waals surface area contributed by atoms with Crippen molar-refractivity contribution in [3.05, 3.63) is 23.8 Å². The Labute approximate surface area is 71.0 Å². The van der Waals surface area contributed by atoms with Gasteiger partial charge in [0.25, 0.3) is 0 Å². The lowest BCUT2D eigenvalue weighted by Crippen LogP contribution is -1.87. The normalized spacial score (nSPS) is 13.4. The Morgan fingerprint density at radius 1 is 1.27 bits per heavy atom. The van der Waals surface area contributed by atoms with Gasteiger partial charge in [0.2, 0.25) is 0 Å². The molecule has 0 heteroatoms. The summed E-state index contributed by atoms with van der Waals surface area (Å²) < 4.78 is 0. The fraction of sp³-hybridized carbons (Fsp3) is 0.636. The van der Waals surface area contributed by atoms with Crippen molar-refractivity contribution in [1.82, 2.24) is 0 Å². The minimum atomic E-state index is 0.815. The third-order valence-electron chi connectivity index (χ3n) is 1.76. The van der Waals surface area contributed by atoms with Crippen LogP contribution in [0.4, 0.5) is 0 Å². The zero-order chi connectivity index (χ0) is 8.69. The molecule has 0 saturated heterocycles. The molecule has 0 aromatic carbocycles. The van der Waals surface area contributed by atoms with Crippen LogP contribution in [0.1, 0.15) is 40.5 Å². The van der Waals surface area contributed by atoms with Gasteiger partial charge in [0.15, 0.2) is 0 Å². The van der Waals surface area contributed by atoms with Crippen molar-refractivity contribution in [2.75, 3.05) is 0 Å². The summed E-state index contributed by atoms with van der Waals surface area (Å²) in [5.41, 5.74) is 1.46. The average molecular weight is 152 g/mol. The van der Waals surface area contributed by atoms with Gasteiger partial charge in [0.05, 0.1) is 0 Å². The van der Waals surface area contributed by atoms with Crippen LogP contribution in [-0.4, -0.2) is 0 Å². The molecular weight excluding hydrogens is 132 g/mol. The molecule has 0 bridgehead atoms. The summed E-state index contributed by atoms with van der Waals surface area (Å²) in [4.78, 5) is 0. The van der Waals surface area contributed by atoms with Gasteiger partial charge in [-0.05, 0) is 32.6 Å². The lowest BCUT2D eigenvalue weighted by molar-refractivity contribution is 0.588. The smallest absolute Gasteiger partial charge is 0.0280 e. The molecule has 0 aromatic rings. The topological polar surface area (TPSA) is 0 Å². The van der Waals surface area contributed by atoms with Crippen molar-refractivity contribution in [1.29, 1.82) is 0 Å². The van der Waals surface area contributed by atoms with Gasteiger partial charge in [-0.1, -0.05) is 37.6 Å². The maximum atomic E-state index is 2.27. The van der Waals surface area contributed by atoms with E-state index < -0.39 is 0 Å². The second-order valence-electron chi connectivity index (χ2n) is 3.30. The number of hydrogen-bond acceptors (Lipinski definition) is 0. The van der Waals surface area contributed by atoms with Gasteiger partial charge in [-0.2, -0.15) is 0 Å². The van der Waals surface area contributed by atoms with Crippen molar-refractivity contribution in [3.8, 4) is 0 Å². The molecule has 0 atom stereocenters. The molecule has 0 nitrogen and oxygen atoms in total. The predicted molar refractivity (Wildman–Crippen MR) is 52.6 cm³/mol. The lowest BCUT2D eigenvalue weighted by Gasteiger charge is -2.04. The van der Waals surface area contributed by atoms with Gasteiger partial charge < -0.3 is 0 Å². The van der Waals surface area contributed by atoms with E-state index in [0.717, 1.165) is 5.92 Å². The van der Waals surface area contributed by atoms with Gasteiger partial charge in [0, 0.05) is 0 Å². The molecule has 0 rings (SSSR count). The summed E-state index contributed by atoms with van der Waals surface area (Å²) >= 11 is 0. The third-order valence-corrected chi connectivity index (χ3v) is 1.76. The lowest BCUT2D eigenvalue weighted by atomic mass is 10.0. The van der Waals surface area contributed by atoms with Gasteiger partial charge in [-0.25, -0.2) is 0 Å². The SMILES string of the molecule is C/C=C\C(=C/C)CCC(C)C. The molecule has 0 radical (unpaired) electrons. The second-order valence-corrected chi connectivity index (χ2v) is 3.30. The van der Waals surface area contributed by atoms with E-state index in [9.17, 15) is 0 Å². The number of hydrogen-bond donors (Lipinski definition) is 0. The standard InChI is InChI=1S/C11H20/c1-5-7-11(6-2)9-8-10(3)4/h5-7,10H,8-9H2,1-4H3/b7-5-,11-6+. The van der Waals surface area contributed by atoms with Crippen LogP contribution in [0.25, 0.3) is 0 Å². The first-order valence-corrected chi connectivity index (χ1v) is 4.48. The molecule has 0 aliphatic carbocycles. The summed E-state index contributed by atoms with van der Waals surface area (Å²) in [6.07, 6.45) is 9.02. The van der Waals surface area contributed by atoms with Crippen LogP contribution in [0.2, 0.25) is 0 Å². The monoisotopic (exact) mass is 152 g/mol. The highest BCUT2D eigenvalue weighted by molar-refractivity contribution is 5.16. The van der Waals surface area contributed by atoms with E-state index in [-0.39, 0.29) is 0 Å². The molecule has 0 spiro atoms. The van der Waals surface area contributed by atoms with Crippen LogP contribution >= 0.6 is 0 Å². The maximum Gasteiger partial charge on any atom is -0.0280 e. The van der Waals surface area contributed by atoms with Gasteiger partial charge in [-0.15, -0.1) is 0 Å². The van der Waals surface area contributed by atoms with Crippen molar-refractivity contribution >= 4 is 0 Å². The summed E-state index contributed by atoms with van der Waals surface area (Å²) in [6, 6.07) is 0. The van der Waals surface area contributed by atoms with E-state index >= 15 is 0 Å². The van der Waals surface area contributed by atoms with Gasteiger partial charge >= 0.3 is 0 Å². The molecule has 0 amide bonds. The Bertz CT molecular complexity index is 138. The molecule has 64 valence electrons. The summed E-state index contributed by atoms with van der Waals surface area (Å²) in [6.45, 7) is 8.71. The van der Waals surface area contributed by atoms with Crippen LogP contribution in [0.5, 0.6) is 0 Å². The van der Waals surface area contributed by atoms with Crippen molar-refractivity contribution in [2.45, 2.75) is 40.5 Å². The van der Waals surface area contributed by atoms with E-state index in [1.165, 1.54) is 18.4 Å². The quantitative estimate of drug-likeness (QED) is 0.535. The van der Waals surface area contributed by atoms with Crippen LogP contribution in [-0.2, 0) is 0 Å².